The smallest absolute Gasteiger partial charge is 0.346 e. The average Bonchev–Trinajstić information content (AvgIpc) is 2.74. The largest absolute Gasteiger partial charge is 0.480 e. The highest BCUT2D eigenvalue weighted by Gasteiger charge is 2.26. The van der Waals surface area contributed by atoms with Gasteiger partial charge in [-0.1, -0.05) is 47.5 Å². The maximum absolute atomic E-state index is 12.9. The van der Waals surface area contributed by atoms with Crippen LogP contribution in [0, 0.1) is 13.8 Å². The molecule has 9 nitrogen and oxygen atoms in total. The number of aliphatic carboxylic acids is 1. The number of aromatic amines is 1. The van der Waals surface area contributed by atoms with Crippen molar-refractivity contribution in [3.8, 4) is 0 Å². The van der Waals surface area contributed by atoms with Crippen LogP contribution in [0.3, 0.4) is 0 Å². The van der Waals surface area contributed by atoms with Gasteiger partial charge in [0, 0.05) is 23.7 Å². The number of carbonyl (C=O) groups excluding carboxylic acids is 2. The Morgan fingerprint density at radius 3 is 2.18 bits per heavy atom. The third-order valence-electron chi connectivity index (χ3n) is 5.04. The standard InChI is InChI=1S/C23H20Cl2N4O5/c1-11-5-3-6-12(2)17(11)20(30)28-19-13(10-26-23(34)29-19)9-16(22(32)33)27-21(31)18-14(24)7-4-8-15(18)25/h3-8,10,16H,9H2,1-2H3,(H,27,31)(H,32,33)(H2,26,28,29,30,34)/t16-/m0/s1. The highest BCUT2D eigenvalue weighted by molar-refractivity contribution is 6.39. The number of nitrogens with zero attached hydrogens (tertiary/aromatic N) is 1. The molecular formula is C23H20Cl2N4O5. The summed E-state index contributed by atoms with van der Waals surface area (Å²) in [5.41, 5.74) is 1.23. The number of hydrogen-bond acceptors (Lipinski definition) is 5. The first-order chi connectivity index (χ1) is 16.1. The minimum absolute atomic E-state index is 0.0569. The molecule has 0 spiro atoms. The summed E-state index contributed by atoms with van der Waals surface area (Å²) in [7, 11) is 0. The van der Waals surface area contributed by atoms with Crippen LogP contribution in [-0.4, -0.2) is 38.9 Å². The molecule has 4 N–H and O–H groups in total. The molecular weight excluding hydrogens is 483 g/mol. The number of nitrogens with one attached hydrogen (secondary N) is 3. The Morgan fingerprint density at radius 1 is 1.00 bits per heavy atom. The fourth-order valence-electron chi connectivity index (χ4n) is 3.39. The Bertz CT molecular complexity index is 1300. The number of carboxylic acid groups (broad SMARTS) is 1. The van der Waals surface area contributed by atoms with E-state index in [0.29, 0.717) is 5.56 Å². The van der Waals surface area contributed by atoms with Gasteiger partial charge in [0.05, 0.1) is 15.6 Å². The first-order valence-electron chi connectivity index (χ1n) is 10.0. The van der Waals surface area contributed by atoms with Crippen LogP contribution in [0.25, 0.3) is 0 Å². The van der Waals surface area contributed by atoms with Crippen molar-refractivity contribution in [3.05, 3.63) is 90.9 Å². The Balaban J connectivity index is 1.89. The molecule has 176 valence electrons. The predicted octanol–water partition coefficient (Wildman–Crippen LogP) is 3.37. The van der Waals surface area contributed by atoms with E-state index in [-0.39, 0.29) is 33.4 Å². The van der Waals surface area contributed by atoms with E-state index in [1.807, 2.05) is 6.07 Å². The van der Waals surface area contributed by atoms with Gasteiger partial charge in [-0.2, -0.15) is 4.98 Å². The molecule has 3 rings (SSSR count). The van der Waals surface area contributed by atoms with Gasteiger partial charge < -0.3 is 20.7 Å². The van der Waals surface area contributed by atoms with Crippen molar-refractivity contribution in [3.63, 3.8) is 0 Å². The van der Waals surface area contributed by atoms with Crippen molar-refractivity contribution in [2.24, 2.45) is 0 Å². The lowest BCUT2D eigenvalue weighted by Crippen LogP contribution is -2.43. The molecule has 2 amide bonds. The van der Waals surface area contributed by atoms with Crippen LogP contribution < -0.4 is 16.3 Å². The first kappa shape index (κ1) is 24.9. The number of carbonyl (C=O) groups is 3. The van der Waals surface area contributed by atoms with Crippen LogP contribution in [0.15, 0.2) is 47.4 Å². The van der Waals surface area contributed by atoms with Crippen LogP contribution in [0.2, 0.25) is 10.0 Å². The Labute approximate surface area is 204 Å². The van der Waals surface area contributed by atoms with E-state index in [1.54, 1.807) is 32.0 Å². The molecule has 0 saturated carbocycles. The monoisotopic (exact) mass is 502 g/mol. The summed E-state index contributed by atoms with van der Waals surface area (Å²) in [5.74, 6) is -2.77. The van der Waals surface area contributed by atoms with Crippen molar-refractivity contribution >= 4 is 46.8 Å². The van der Waals surface area contributed by atoms with E-state index in [0.717, 1.165) is 11.1 Å². The maximum Gasteiger partial charge on any atom is 0.346 e. The lowest BCUT2D eigenvalue weighted by Gasteiger charge is -2.17. The summed E-state index contributed by atoms with van der Waals surface area (Å²) in [5, 5.41) is 14.7. The molecule has 0 saturated heterocycles. The number of halogens is 2. The Morgan fingerprint density at radius 2 is 1.59 bits per heavy atom. The van der Waals surface area contributed by atoms with Gasteiger partial charge in [-0.25, -0.2) is 9.59 Å². The molecule has 0 aliphatic heterocycles. The average molecular weight is 503 g/mol. The maximum atomic E-state index is 12.9. The summed E-state index contributed by atoms with van der Waals surface area (Å²) >= 11 is 12.1. The number of aryl methyl sites for hydroxylation is 2. The summed E-state index contributed by atoms with van der Waals surface area (Å²) in [4.78, 5) is 55.4. The van der Waals surface area contributed by atoms with Crippen molar-refractivity contribution in [2.75, 3.05) is 5.32 Å². The summed E-state index contributed by atoms with van der Waals surface area (Å²) in [6.07, 6.45) is 0.940. The third kappa shape index (κ3) is 5.62. The molecule has 0 aliphatic carbocycles. The van der Waals surface area contributed by atoms with E-state index in [4.69, 9.17) is 23.2 Å². The van der Waals surface area contributed by atoms with Gasteiger partial charge in [-0.15, -0.1) is 0 Å². The molecule has 3 aromatic rings. The van der Waals surface area contributed by atoms with Crippen LogP contribution in [0.4, 0.5) is 5.82 Å². The van der Waals surface area contributed by atoms with Crippen LogP contribution in [-0.2, 0) is 11.2 Å². The fourth-order valence-corrected chi connectivity index (χ4v) is 3.96. The minimum Gasteiger partial charge on any atom is -0.480 e. The van der Waals surface area contributed by atoms with E-state index in [2.05, 4.69) is 20.6 Å². The van der Waals surface area contributed by atoms with Gasteiger partial charge in [0.15, 0.2) is 0 Å². The van der Waals surface area contributed by atoms with Crippen molar-refractivity contribution in [2.45, 2.75) is 26.3 Å². The number of H-pyrrole nitrogens is 1. The lowest BCUT2D eigenvalue weighted by atomic mass is 10.0. The number of hydrogen-bond donors (Lipinski definition) is 4. The van der Waals surface area contributed by atoms with Gasteiger partial charge in [0.25, 0.3) is 11.8 Å². The Hall–Kier alpha value is -3.69. The molecule has 0 bridgehead atoms. The number of carboxylic acids is 1. The molecule has 1 aromatic heterocycles. The molecule has 0 fully saturated rings. The zero-order valence-electron chi connectivity index (χ0n) is 18.1. The van der Waals surface area contributed by atoms with E-state index >= 15 is 0 Å². The van der Waals surface area contributed by atoms with Crippen LogP contribution in [0.5, 0.6) is 0 Å². The first-order valence-corrected chi connectivity index (χ1v) is 10.8. The topological polar surface area (TPSA) is 141 Å². The molecule has 1 atom stereocenters. The summed E-state index contributed by atoms with van der Waals surface area (Å²) in [6, 6.07) is 8.35. The van der Waals surface area contributed by atoms with E-state index < -0.39 is 29.5 Å². The lowest BCUT2D eigenvalue weighted by molar-refractivity contribution is -0.139. The molecule has 0 radical (unpaired) electrons. The second-order valence-corrected chi connectivity index (χ2v) is 8.28. The number of anilines is 1. The van der Waals surface area contributed by atoms with E-state index in [9.17, 15) is 24.3 Å². The molecule has 0 unspecified atom stereocenters. The number of aromatic nitrogens is 2. The highest BCUT2D eigenvalue weighted by Crippen LogP contribution is 2.24. The molecule has 1 heterocycles. The number of amides is 2. The van der Waals surface area contributed by atoms with Gasteiger partial charge in [0.2, 0.25) is 0 Å². The normalized spacial score (nSPS) is 11.5. The molecule has 34 heavy (non-hydrogen) atoms. The third-order valence-corrected chi connectivity index (χ3v) is 5.67. The predicted molar refractivity (Wildman–Crippen MR) is 128 cm³/mol. The fraction of sp³-hybridized carbons (Fsp3) is 0.174. The molecule has 2 aromatic carbocycles. The van der Waals surface area contributed by atoms with Gasteiger partial charge >= 0.3 is 11.7 Å². The number of rotatable bonds is 7. The molecule has 0 aliphatic rings. The second-order valence-electron chi connectivity index (χ2n) is 7.47. The second kappa shape index (κ2) is 10.5. The van der Waals surface area contributed by atoms with Crippen LogP contribution >= 0.6 is 23.2 Å². The van der Waals surface area contributed by atoms with Crippen molar-refractivity contribution < 1.29 is 19.5 Å². The zero-order valence-corrected chi connectivity index (χ0v) is 19.6. The molecule has 11 heteroatoms. The van der Waals surface area contributed by atoms with Gasteiger partial charge in [-0.3, -0.25) is 9.59 Å². The van der Waals surface area contributed by atoms with Gasteiger partial charge in [0.1, 0.15) is 11.9 Å². The highest BCUT2D eigenvalue weighted by atomic mass is 35.5. The quantitative estimate of drug-likeness (QED) is 0.390. The SMILES string of the molecule is Cc1cccc(C)c1C(=O)Nc1nc(=O)[nH]cc1C[C@H](NC(=O)c1c(Cl)cccc1Cl)C(=O)O. The Kier molecular flexibility index (Phi) is 7.70. The summed E-state index contributed by atoms with van der Waals surface area (Å²) in [6.45, 7) is 3.54. The van der Waals surface area contributed by atoms with Gasteiger partial charge in [-0.05, 0) is 37.1 Å². The number of benzene rings is 2. The van der Waals surface area contributed by atoms with Crippen LogP contribution in [0.1, 0.15) is 37.4 Å². The van der Waals surface area contributed by atoms with Crippen molar-refractivity contribution in [1.82, 2.24) is 15.3 Å². The minimum atomic E-state index is -1.44. The van der Waals surface area contributed by atoms with E-state index in [1.165, 1.54) is 18.3 Å². The summed E-state index contributed by atoms with van der Waals surface area (Å²) < 4.78 is 0. The zero-order chi connectivity index (χ0) is 25.0. The van der Waals surface area contributed by atoms with Crippen molar-refractivity contribution in [1.29, 1.82) is 0 Å².